The minimum absolute atomic E-state index is 0.0294. The predicted octanol–water partition coefficient (Wildman–Crippen LogP) is 4.89. The van der Waals surface area contributed by atoms with Crippen molar-refractivity contribution in [1.29, 1.82) is 0 Å². The molecule has 6 aromatic heterocycles. The number of hydrogen-bond donors (Lipinski definition) is 9. The van der Waals surface area contributed by atoms with E-state index in [4.69, 9.17) is 86.3 Å². The van der Waals surface area contributed by atoms with Crippen molar-refractivity contribution in [1.82, 2.24) is 74.5 Å². The normalized spacial score (nSPS) is 29.2. The van der Waals surface area contributed by atoms with E-state index in [1.165, 1.54) is 72.0 Å². The Morgan fingerprint density at radius 2 is 0.728 bits per heavy atom. The average Bonchev–Trinajstić information content (AvgIpc) is 1.59. The molecular weight excluding hydrogens is 1630 g/mol. The third kappa shape index (κ3) is 20.9. The Hall–Kier alpha value is -6.99. The summed E-state index contributed by atoms with van der Waals surface area (Å²) < 4.78 is 125. The molecular formula is C63H93N18O27P3S3. The zero-order valence-corrected chi connectivity index (χ0v) is 69.2. The van der Waals surface area contributed by atoms with E-state index in [9.17, 15) is 57.8 Å². The Morgan fingerprint density at radius 3 is 0.974 bits per heavy atom. The number of hydrogen-bond acceptors (Lipinski definition) is 42. The third-order valence-electron chi connectivity index (χ3n) is 18.0. The lowest BCUT2D eigenvalue weighted by Gasteiger charge is -2.35. The van der Waals surface area contributed by atoms with Gasteiger partial charge in [-0.1, -0.05) is 76.8 Å². The van der Waals surface area contributed by atoms with Crippen LogP contribution < -0.4 is 33.2 Å². The van der Waals surface area contributed by atoms with Gasteiger partial charge in [0.05, 0.1) is 113 Å². The number of alkyl carbamates (subject to hydrolysis) is 3. The third-order valence-corrected chi connectivity index (χ3v) is 25.9. The first-order valence-electron chi connectivity index (χ1n) is 35.5. The fraction of sp³-hybridized carbons (Fsp3) is 0.667. The number of thioether (sulfide) groups is 3. The van der Waals surface area contributed by atoms with Gasteiger partial charge in [-0.05, 0) is 41.5 Å². The van der Waals surface area contributed by atoms with Crippen LogP contribution in [0.1, 0.15) is 102 Å². The van der Waals surface area contributed by atoms with E-state index in [-0.39, 0.29) is 130 Å². The topological polar surface area (TPSA) is 598 Å². The number of rotatable bonds is 27. The van der Waals surface area contributed by atoms with E-state index in [0.29, 0.717) is 33.5 Å². The summed E-state index contributed by atoms with van der Waals surface area (Å²) in [5.74, 6) is 0.559. The number of fused-ring (bicyclic) bond motifs is 6. The number of amides is 3. The van der Waals surface area contributed by atoms with E-state index in [1.807, 2.05) is 0 Å². The van der Waals surface area contributed by atoms with E-state index >= 15 is 0 Å². The molecule has 12 rings (SSSR count). The van der Waals surface area contributed by atoms with Gasteiger partial charge >= 0.3 is 41.7 Å². The molecule has 0 aromatic carbocycles. The summed E-state index contributed by atoms with van der Waals surface area (Å²) >= 11 is 2.88. The van der Waals surface area contributed by atoms with Gasteiger partial charge < -0.3 is 76.9 Å². The molecule has 6 saturated heterocycles. The molecule has 6 fully saturated rings. The summed E-state index contributed by atoms with van der Waals surface area (Å²) in [5.41, 5.74) is 11.9. The van der Waals surface area contributed by atoms with Crippen molar-refractivity contribution in [2.45, 2.75) is 155 Å². The number of carbonyl (C=O) groups excluding carboxylic acids is 6. The van der Waals surface area contributed by atoms with Gasteiger partial charge in [0.2, 0.25) is 17.8 Å². The van der Waals surface area contributed by atoms with E-state index < -0.39 is 130 Å². The molecule has 15 atom stereocenters. The van der Waals surface area contributed by atoms with Gasteiger partial charge in [-0.2, -0.15) is 15.0 Å². The molecule has 6 aliphatic rings. The molecule has 0 bridgehead atoms. The van der Waals surface area contributed by atoms with Crippen molar-refractivity contribution in [3.8, 4) is 0 Å². The van der Waals surface area contributed by atoms with Crippen molar-refractivity contribution in [2.24, 2.45) is 16.2 Å². The summed E-state index contributed by atoms with van der Waals surface area (Å²) in [5, 5.41) is 41.1. The Balaban J connectivity index is 0.000000181. The van der Waals surface area contributed by atoms with Crippen LogP contribution in [0.15, 0.2) is 37.6 Å². The van der Waals surface area contributed by atoms with Crippen molar-refractivity contribution in [2.75, 3.05) is 114 Å². The highest BCUT2D eigenvalue weighted by Crippen LogP contribution is 2.62. The Kier molecular flexibility index (Phi) is 28.6. The van der Waals surface area contributed by atoms with Crippen molar-refractivity contribution >= 4 is 144 Å². The van der Waals surface area contributed by atoms with Gasteiger partial charge in [0.15, 0.2) is 51.0 Å². The van der Waals surface area contributed by atoms with Crippen molar-refractivity contribution in [3.05, 3.63) is 37.6 Å². The molecule has 6 aromatic rings. The van der Waals surface area contributed by atoms with Crippen LogP contribution in [0.2, 0.25) is 0 Å². The monoisotopic (exact) mass is 1720 g/mol. The first-order valence-corrected chi connectivity index (χ1v) is 42.9. The number of nitrogens with zero attached hydrogens (tertiary/aromatic N) is 12. The molecule has 0 radical (unpaired) electrons. The summed E-state index contributed by atoms with van der Waals surface area (Å²) in [4.78, 5) is 109. The lowest BCUT2D eigenvalue weighted by Crippen LogP contribution is -2.47. The zero-order valence-electron chi connectivity index (χ0n) is 64.1. The highest BCUT2D eigenvalue weighted by molar-refractivity contribution is 8.14. The molecule has 12 N–H and O–H groups in total. The van der Waals surface area contributed by atoms with Gasteiger partial charge in [0, 0.05) is 36.9 Å². The lowest BCUT2D eigenvalue weighted by molar-refractivity contribution is -0.118. The molecule has 114 heavy (non-hydrogen) atoms. The number of aliphatic hydroxyl groups is 3. The van der Waals surface area contributed by atoms with Crippen molar-refractivity contribution in [3.63, 3.8) is 0 Å². The summed E-state index contributed by atoms with van der Waals surface area (Å²) in [6.07, 6.45) is -1.52. The van der Waals surface area contributed by atoms with Crippen LogP contribution in [-0.4, -0.2) is 257 Å². The number of anilines is 3. The first-order chi connectivity index (χ1) is 53.6. The fourth-order valence-corrected chi connectivity index (χ4v) is 19.2. The Bertz CT molecular complexity index is 4170. The maximum atomic E-state index is 13.1. The number of phosphoric acid groups is 3. The van der Waals surface area contributed by atoms with Crippen LogP contribution in [0.3, 0.4) is 0 Å². The molecule has 3 amide bonds. The summed E-state index contributed by atoms with van der Waals surface area (Å²) in [6.45, 7) is 19.7. The van der Waals surface area contributed by atoms with Crippen LogP contribution in [0.5, 0.6) is 0 Å². The number of aromatic nitrogens is 12. The number of imidazole rings is 3. The Morgan fingerprint density at radius 1 is 0.474 bits per heavy atom. The van der Waals surface area contributed by atoms with Crippen LogP contribution in [0.4, 0.5) is 32.2 Å². The largest absolute Gasteiger partial charge is 0.475 e. The molecule has 0 aliphatic carbocycles. The molecule has 0 spiro atoms. The van der Waals surface area contributed by atoms with Crippen LogP contribution >= 0.6 is 58.8 Å². The van der Waals surface area contributed by atoms with Crippen LogP contribution in [0, 0.1) is 16.2 Å². The van der Waals surface area contributed by atoms with Crippen molar-refractivity contribution < 1.29 is 127 Å². The maximum Gasteiger partial charge on any atom is 0.475 e. The number of phosphoric ester groups is 3. The predicted molar refractivity (Wildman–Crippen MR) is 405 cm³/mol. The molecule has 51 heteroatoms. The molecule has 630 valence electrons. The Labute approximate surface area is 664 Å². The second-order valence-corrected chi connectivity index (χ2v) is 36.7. The van der Waals surface area contributed by atoms with Gasteiger partial charge in [0.1, 0.15) is 70.0 Å². The zero-order chi connectivity index (χ0) is 83.2. The highest BCUT2D eigenvalue weighted by Gasteiger charge is 2.63. The molecule has 45 nitrogen and oxygen atoms in total. The number of carbonyl (C=O) groups is 6. The van der Waals surface area contributed by atoms with Crippen LogP contribution in [0.25, 0.3) is 33.5 Å². The number of nitrogen functional groups attached to an aromatic ring is 3. The molecule has 1 unspecified atom stereocenters. The number of ether oxygens (including phenoxy) is 6. The smallest absolute Gasteiger partial charge is 0.450 e. The standard InChI is InChI=1S/3C21H31N6O9PS/c3*1-5-32-19(29)24-10-20(2,3)17(28)38-7-6-33-37(31)34-9-13-14(36-37)21(4,30)16(35-13)27-11-25-12-8-23-18(22)26-15(12)27/h3*8,11,13-14,16,30H,5-7,9-10H2,1-4H3,(H,24,29)(H2,22,23,26)/t13-,14-,16-,21-,37?;13-,14-,16-,21-,37+;13-,14-,16-,21-,37-/m111/s1. The lowest BCUT2D eigenvalue weighted by atomic mass is 9.96. The molecule has 0 saturated carbocycles. The van der Waals surface area contributed by atoms with E-state index in [1.54, 1.807) is 62.3 Å². The maximum absolute atomic E-state index is 13.1. The summed E-state index contributed by atoms with van der Waals surface area (Å²) in [7, 11) is -12.2. The number of nitrogens with one attached hydrogen (secondary N) is 3. The fourth-order valence-electron chi connectivity index (χ4n) is 11.9. The van der Waals surface area contributed by atoms with Gasteiger partial charge in [0.25, 0.3) is 0 Å². The second-order valence-electron chi connectivity index (χ2n) is 28.6. The van der Waals surface area contributed by atoms with Gasteiger partial charge in [-0.3, -0.25) is 68.8 Å². The van der Waals surface area contributed by atoms with Gasteiger partial charge in [-0.25, -0.2) is 58.0 Å². The minimum atomic E-state index is -4.07. The highest BCUT2D eigenvalue weighted by atomic mass is 32.2. The van der Waals surface area contributed by atoms with Gasteiger partial charge in [-0.15, -0.1) is 0 Å². The SMILES string of the molecule is CCOC(=O)NCC(C)(C)C(=O)SCCOP1(=O)OC[C@H]2O[C@@H](n3cnc4cnc(N)nc43)[C@](C)(O)[C@@H]2O1.CCOC(=O)NCC(C)(C)C(=O)SCCO[P@@]1(=O)OC[C@H]2O[C@@H](n3cnc4cnc(N)nc43)[C@](C)(O)[C@@H]2O1.CCOC(=O)NCC(C)(C)C(=O)SCCO[P@]1(=O)OC[C@H]2O[C@@H](n3cnc4cnc(N)nc43)[C@](C)(O)[C@@H]2O1. The van der Waals surface area contributed by atoms with E-state index in [2.05, 4.69) is 60.8 Å². The average molecular weight is 1720 g/mol. The van der Waals surface area contributed by atoms with Crippen LogP contribution in [-0.2, 0) is 97.2 Å². The number of nitrogens with two attached hydrogens (primary N) is 3. The second kappa shape index (κ2) is 36.5. The quantitative estimate of drug-likeness (QED) is 0.0188. The molecule has 12 heterocycles. The molecule has 6 aliphatic heterocycles. The summed E-state index contributed by atoms with van der Waals surface area (Å²) in [6, 6.07) is 0. The minimum Gasteiger partial charge on any atom is -0.450 e. The first kappa shape index (κ1) is 89.4. The van der Waals surface area contributed by atoms with E-state index in [0.717, 1.165) is 35.3 Å².